The van der Waals surface area contributed by atoms with E-state index in [-0.39, 0.29) is 4.21 Å². The van der Waals surface area contributed by atoms with Crippen LogP contribution in [0, 0.1) is 6.92 Å². The van der Waals surface area contributed by atoms with E-state index in [1.165, 1.54) is 0 Å². The van der Waals surface area contributed by atoms with Gasteiger partial charge in [-0.15, -0.1) is 11.3 Å². The molecule has 2 rings (SSSR count). The van der Waals surface area contributed by atoms with E-state index in [0.29, 0.717) is 28.8 Å². The van der Waals surface area contributed by atoms with Crippen LogP contribution in [0.1, 0.15) is 19.0 Å². The van der Waals surface area contributed by atoms with E-state index >= 15 is 0 Å². The second kappa shape index (κ2) is 6.85. The molecule has 0 radical (unpaired) electrons. The van der Waals surface area contributed by atoms with Crippen LogP contribution >= 0.6 is 22.0 Å². The van der Waals surface area contributed by atoms with Crippen LogP contribution in [-0.2, 0) is 9.05 Å². The van der Waals surface area contributed by atoms with Gasteiger partial charge in [-0.2, -0.15) is 0 Å². The molecule has 0 aliphatic heterocycles. The number of benzene rings is 1. The van der Waals surface area contributed by atoms with Gasteiger partial charge in [-0.05, 0) is 31.5 Å². The molecule has 0 bridgehead atoms. The summed E-state index contributed by atoms with van der Waals surface area (Å²) in [4.78, 5) is 4.28. The van der Waals surface area contributed by atoms with Crippen molar-refractivity contribution in [3.63, 3.8) is 0 Å². The van der Waals surface area contributed by atoms with Gasteiger partial charge in [0.15, 0.2) is 15.7 Å². The number of methoxy groups -OCH3 is 1. The third-order valence-electron chi connectivity index (χ3n) is 2.85. The molecule has 22 heavy (non-hydrogen) atoms. The predicted molar refractivity (Wildman–Crippen MR) is 87.7 cm³/mol. The quantitative estimate of drug-likeness (QED) is 0.731. The molecule has 0 fully saturated rings. The predicted octanol–water partition coefficient (Wildman–Crippen LogP) is 3.84. The lowest BCUT2D eigenvalue weighted by Crippen LogP contribution is -1.98. The molecule has 1 aromatic carbocycles. The SMILES string of the molecule is CCCOc1cc(-c2nc(C)c(S(=O)(=O)Cl)s2)ccc1OC. The number of hydrogen-bond acceptors (Lipinski definition) is 6. The average Bonchev–Trinajstić information content (AvgIpc) is 2.87. The van der Waals surface area contributed by atoms with Crippen LogP contribution in [0.25, 0.3) is 10.6 Å². The van der Waals surface area contributed by atoms with Crippen molar-refractivity contribution in [2.24, 2.45) is 0 Å². The Balaban J connectivity index is 2.45. The van der Waals surface area contributed by atoms with Gasteiger partial charge in [0.05, 0.1) is 19.4 Å². The van der Waals surface area contributed by atoms with Crippen molar-refractivity contribution < 1.29 is 17.9 Å². The van der Waals surface area contributed by atoms with Crippen molar-refractivity contribution >= 4 is 31.1 Å². The van der Waals surface area contributed by atoms with Gasteiger partial charge in [0.2, 0.25) is 0 Å². The maximum atomic E-state index is 11.5. The van der Waals surface area contributed by atoms with Crippen molar-refractivity contribution in [2.45, 2.75) is 24.5 Å². The third kappa shape index (κ3) is 3.71. The first-order chi connectivity index (χ1) is 10.4. The fourth-order valence-corrected chi connectivity index (χ4v) is 4.31. The normalized spacial score (nSPS) is 11.5. The Labute approximate surface area is 138 Å². The van der Waals surface area contributed by atoms with Gasteiger partial charge in [-0.3, -0.25) is 0 Å². The molecule has 1 heterocycles. The van der Waals surface area contributed by atoms with Gasteiger partial charge >= 0.3 is 0 Å². The summed E-state index contributed by atoms with van der Waals surface area (Å²) in [6.07, 6.45) is 0.873. The Kier molecular flexibility index (Phi) is 5.31. The minimum absolute atomic E-state index is 0.0658. The lowest BCUT2D eigenvalue weighted by Gasteiger charge is -2.10. The van der Waals surface area contributed by atoms with Crippen LogP contribution in [-0.4, -0.2) is 27.1 Å². The molecule has 0 atom stereocenters. The fourth-order valence-electron chi connectivity index (χ4n) is 1.87. The third-order valence-corrected chi connectivity index (χ3v) is 6.23. The molecule has 0 aliphatic carbocycles. The average molecular weight is 362 g/mol. The minimum atomic E-state index is -3.79. The van der Waals surface area contributed by atoms with E-state index in [0.717, 1.165) is 23.3 Å². The smallest absolute Gasteiger partial charge is 0.272 e. The second-order valence-electron chi connectivity index (χ2n) is 4.54. The van der Waals surface area contributed by atoms with Gasteiger partial charge < -0.3 is 9.47 Å². The molecule has 8 heteroatoms. The van der Waals surface area contributed by atoms with Gasteiger partial charge in [0.1, 0.15) is 5.01 Å². The number of hydrogen-bond donors (Lipinski definition) is 0. The van der Waals surface area contributed by atoms with Crippen molar-refractivity contribution in [1.82, 2.24) is 4.98 Å². The lowest BCUT2D eigenvalue weighted by atomic mass is 10.2. The monoisotopic (exact) mass is 361 g/mol. The first-order valence-corrected chi connectivity index (χ1v) is 9.72. The largest absolute Gasteiger partial charge is 0.493 e. The highest BCUT2D eigenvalue weighted by Crippen LogP contribution is 2.37. The Morgan fingerprint density at radius 3 is 2.59 bits per heavy atom. The number of rotatable bonds is 6. The molecule has 0 amide bonds. The van der Waals surface area contributed by atoms with Crippen LogP contribution < -0.4 is 9.47 Å². The van der Waals surface area contributed by atoms with Gasteiger partial charge in [-0.25, -0.2) is 13.4 Å². The zero-order valence-electron chi connectivity index (χ0n) is 12.4. The summed E-state index contributed by atoms with van der Waals surface area (Å²) in [5.41, 5.74) is 1.15. The van der Waals surface area contributed by atoms with Crippen molar-refractivity contribution in [3.8, 4) is 22.1 Å². The van der Waals surface area contributed by atoms with Crippen LogP contribution in [0.2, 0.25) is 0 Å². The number of thiazole rings is 1. The number of halogens is 1. The first kappa shape index (κ1) is 17.1. The van der Waals surface area contributed by atoms with E-state index in [2.05, 4.69) is 4.98 Å². The standard InChI is InChI=1S/C14H16ClNO4S2/c1-4-7-20-12-8-10(5-6-11(12)19-3)13-16-9(2)14(21-13)22(15,17)18/h5-6,8H,4,7H2,1-3H3. The molecular formula is C14H16ClNO4S2. The van der Waals surface area contributed by atoms with E-state index in [9.17, 15) is 8.42 Å². The number of nitrogens with zero attached hydrogens (tertiary/aromatic N) is 1. The number of aromatic nitrogens is 1. The highest BCUT2D eigenvalue weighted by atomic mass is 35.7. The van der Waals surface area contributed by atoms with E-state index in [1.807, 2.05) is 6.92 Å². The zero-order valence-corrected chi connectivity index (χ0v) is 14.8. The molecular weight excluding hydrogens is 346 g/mol. The van der Waals surface area contributed by atoms with E-state index in [1.54, 1.807) is 32.2 Å². The summed E-state index contributed by atoms with van der Waals surface area (Å²) in [7, 11) is 3.19. The van der Waals surface area contributed by atoms with Crippen molar-refractivity contribution in [3.05, 3.63) is 23.9 Å². The Hall–Kier alpha value is -1.31. The summed E-state index contributed by atoms with van der Waals surface area (Å²) in [6, 6.07) is 5.36. The lowest BCUT2D eigenvalue weighted by molar-refractivity contribution is 0.294. The van der Waals surface area contributed by atoms with Crippen LogP contribution in [0.15, 0.2) is 22.4 Å². The zero-order chi connectivity index (χ0) is 16.3. The molecule has 120 valence electrons. The maximum absolute atomic E-state index is 11.5. The second-order valence-corrected chi connectivity index (χ2v) is 8.30. The topological polar surface area (TPSA) is 65.5 Å². The highest BCUT2D eigenvalue weighted by Gasteiger charge is 2.20. The summed E-state index contributed by atoms with van der Waals surface area (Å²) >= 11 is 1.04. The molecule has 0 spiro atoms. The van der Waals surface area contributed by atoms with Crippen molar-refractivity contribution in [1.29, 1.82) is 0 Å². The molecule has 1 aromatic heterocycles. The van der Waals surface area contributed by atoms with Crippen LogP contribution in [0.4, 0.5) is 0 Å². The minimum Gasteiger partial charge on any atom is -0.493 e. The highest BCUT2D eigenvalue weighted by molar-refractivity contribution is 8.15. The van der Waals surface area contributed by atoms with Crippen molar-refractivity contribution in [2.75, 3.05) is 13.7 Å². The maximum Gasteiger partial charge on any atom is 0.272 e. The molecule has 0 saturated heterocycles. The molecule has 0 saturated carbocycles. The molecule has 0 unspecified atom stereocenters. The van der Waals surface area contributed by atoms with Gasteiger partial charge in [0, 0.05) is 16.2 Å². The van der Waals surface area contributed by atoms with E-state index < -0.39 is 9.05 Å². The Bertz CT molecular complexity index is 771. The van der Waals surface area contributed by atoms with Gasteiger partial charge in [-0.1, -0.05) is 6.92 Å². The fraction of sp³-hybridized carbons (Fsp3) is 0.357. The molecule has 0 N–H and O–H groups in total. The summed E-state index contributed by atoms with van der Waals surface area (Å²) in [5, 5.41) is 0.570. The Morgan fingerprint density at radius 1 is 1.32 bits per heavy atom. The summed E-state index contributed by atoms with van der Waals surface area (Å²) in [6.45, 7) is 4.20. The number of ether oxygens (including phenoxy) is 2. The Morgan fingerprint density at radius 2 is 2.05 bits per heavy atom. The molecule has 5 nitrogen and oxygen atoms in total. The molecule has 0 aliphatic rings. The van der Waals surface area contributed by atoms with E-state index in [4.69, 9.17) is 20.2 Å². The summed E-state index contributed by atoms with van der Waals surface area (Å²) < 4.78 is 34.0. The van der Waals surface area contributed by atoms with Gasteiger partial charge in [0.25, 0.3) is 9.05 Å². The van der Waals surface area contributed by atoms with Crippen LogP contribution in [0.5, 0.6) is 11.5 Å². The summed E-state index contributed by atoms with van der Waals surface area (Å²) in [5.74, 6) is 1.22. The van der Waals surface area contributed by atoms with Crippen LogP contribution in [0.3, 0.4) is 0 Å². The molecule has 2 aromatic rings. The first-order valence-electron chi connectivity index (χ1n) is 6.60. The number of aryl methyl sites for hydroxylation is 1.